The van der Waals surface area contributed by atoms with Gasteiger partial charge in [-0.1, -0.05) is 30.3 Å². The van der Waals surface area contributed by atoms with E-state index in [1.54, 1.807) is 6.07 Å². The van der Waals surface area contributed by atoms with Crippen LogP contribution >= 0.6 is 0 Å². The van der Waals surface area contributed by atoms with Gasteiger partial charge in [-0.3, -0.25) is 4.79 Å². The SMILES string of the molecule is CC(=O)Oc1cc(C(=O)O)ccc1-c1ccccc1. The molecule has 0 radical (unpaired) electrons. The molecular weight excluding hydrogens is 244 g/mol. The van der Waals surface area contributed by atoms with Gasteiger partial charge >= 0.3 is 11.9 Å². The second kappa shape index (κ2) is 5.35. The molecule has 96 valence electrons. The van der Waals surface area contributed by atoms with Crippen LogP contribution in [0.1, 0.15) is 17.3 Å². The molecule has 0 aliphatic heterocycles. The minimum absolute atomic E-state index is 0.0796. The Hall–Kier alpha value is -2.62. The minimum Gasteiger partial charge on any atom is -0.478 e. The fourth-order valence-corrected chi connectivity index (χ4v) is 1.75. The lowest BCUT2D eigenvalue weighted by atomic mass is 10.0. The molecule has 0 aliphatic carbocycles. The molecular formula is C15H12O4. The Labute approximate surface area is 110 Å². The quantitative estimate of drug-likeness (QED) is 0.677. The van der Waals surface area contributed by atoms with Gasteiger partial charge in [0, 0.05) is 12.5 Å². The fraction of sp³-hybridized carbons (Fsp3) is 0.0667. The third-order valence-electron chi connectivity index (χ3n) is 2.57. The number of aromatic carboxylic acids is 1. The van der Waals surface area contributed by atoms with Crippen molar-refractivity contribution in [1.82, 2.24) is 0 Å². The minimum atomic E-state index is -1.06. The summed E-state index contributed by atoms with van der Waals surface area (Å²) in [6, 6.07) is 13.8. The molecule has 0 fully saturated rings. The summed E-state index contributed by atoms with van der Waals surface area (Å²) in [4.78, 5) is 22.1. The normalized spacial score (nSPS) is 9.95. The molecule has 0 aliphatic rings. The van der Waals surface area contributed by atoms with E-state index >= 15 is 0 Å². The Morgan fingerprint density at radius 1 is 1.05 bits per heavy atom. The molecule has 0 aromatic heterocycles. The summed E-state index contributed by atoms with van der Waals surface area (Å²) in [5.74, 6) is -1.30. The van der Waals surface area contributed by atoms with Gasteiger partial charge in [-0.2, -0.15) is 0 Å². The molecule has 0 bridgehead atoms. The third kappa shape index (κ3) is 2.98. The molecule has 0 atom stereocenters. The summed E-state index contributed by atoms with van der Waals surface area (Å²) in [5, 5.41) is 8.96. The standard InChI is InChI=1S/C15H12O4/c1-10(16)19-14-9-12(15(17)18)7-8-13(14)11-5-3-2-4-6-11/h2-9H,1H3,(H,17,18). The molecule has 2 rings (SSSR count). The Kier molecular flexibility index (Phi) is 3.61. The van der Waals surface area contributed by atoms with Gasteiger partial charge in [-0.15, -0.1) is 0 Å². The van der Waals surface area contributed by atoms with Crippen LogP contribution < -0.4 is 4.74 Å². The van der Waals surface area contributed by atoms with E-state index in [2.05, 4.69) is 0 Å². The van der Waals surface area contributed by atoms with Crippen molar-refractivity contribution in [3.8, 4) is 16.9 Å². The maximum absolute atomic E-state index is 11.1. The molecule has 2 aromatic carbocycles. The highest BCUT2D eigenvalue weighted by Gasteiger charge is 2.12. The second-order valence-electron chi connectivity index (χ2n) is 3.98. The van der Waals surface area contributed by atoms with Crippen molar-refractivity contribution in [3.63, 3.8) is 0 Å². The lowest BCUT2D eigenvalue weighted by Crippen LogP contribution is -2.05. The van der Waals surface area contributed by atoms with Crippen molar-refractivity contribution >= 4 is 11.9 Å². The van der Waals surface area contributed by atoms with Crippen molar-refractivity contribution < 1.29 is 19.4 Å². The van der Waals surface area contributed by atoms with Gasteiger partial charge < -0.3 is 9.84 Å². The first-order valence-corrected chi connectivity index (χ1v) is 5.69. The fourth-order valence-electron chi connectivity index (χ4n) is 1.75. The number of esters is 1. The maximum Gasteiger partial charge on any atom is 0.335 e. The van der Waals surface area contributed by atoms with E-state index in [1.807, 2.05) is 30.3 Å². The highest BCUT2D eigenvalue weighted by atomic mass is 16.5. The van der Waals surface area contributed by atoms with E-state index in [-0.39, 0.29) is 11.3 Å². The molecule has 0 heterocycles. The van der Waals surface area contributed by atoms with E-state index in [4.69, 9.17) is 9.84 Å². The highest BCUT2D eigenvalue weighted by molar-refractivity contribution is 5.90. The van der Waals surface area contributed by atoms with Gasteiger partial charge in [0.05, 0.1) is 5.56 Å². The van der Waals surface area contributed by atoms with Gasteiger partial charge in [0.2, 0.25) is 0 Å². The van der Waals surface area contributed by atoms with Gasteiger partial charge in [0.15, 0.2) is 0 Å². The average molecular weight is 256 g/mol. The van der Waals surface area contributed by atoms with E-state index in [0.717, 1.165) is 5.56 Å². The largest absolute Gasteiger partial charge is 0.478 e. The molecule has 0 spiro atoms. The highest BCUT2D eigenvalue weighted by Crippen LogP contribution is 2.31. The molecule has 0 saturated heterocycles. The first-order chi connectivity index (χ1) is 9.08. The van der Waals surface area contributed by atoms with Crippen molar-refractivity contribution in [2.75, 3.05) is 0 Å². The Morgan fingerprint density at radius 2 is 1.74 bits per heavy atom. The Bertz CT molecular complexity index is 617. The second-order valence-corrected chi connectivity index (χ2v) is 3.98. The van der Waals surface area contributed by atoms with Gasteiger partial charge in [-0.05, 0) is 23.8 Å². The van der Waals surface area contributed by atoms with Gasteiger partial charge in [-0.25, -0.2) is 4.79 Å². The Balaban J connectivity index is 2.54. The summed E-state index contributed by atoms with van der Waals surface area (Å²) in [6.45, 7) is 1.28. The van der Waals surface area contributed by atoms with Crippen molar-refractivity contribution in [1.29, 1.82) is 0 Å². The smallest absolute Gasteiger partial charge is 0.335 e. The molecule has 4 heteroatoms. The monoisotopic (exact) mass is 256 g/mol. The van der Waals surface area contributed by atoms with E-state index in [9.17, 15) is 9.59 Å². The van der Waals surface area contributed by atoms with E-state index in [0.29, 0.717) is 5.56 Å². The zero-order valence-corrected chi connectivity index (χ0v) is 10.3. The summed E-state index contributed by atoms with van der Waals surface area (Å²) in [6.07, 6.45) is 0. The van der Waals surface area contributed by atoms with Gasteiger partial charge in [0.1, 0.15) is 5.75 Å². The number of hydrogen-bond acceptors (Lipinski definition) is 3. The van der Waals surface area contributed by atoms with Crippen molar-refractivity contribution in [3.05, 3.63) is 54.1 Å². The van der Waals surface area contributed by atoms with Crippen LogP contribution in [0.15, 0.2) is 48.5 Å². The summed E-state index contributed by atoms with van der Waals surface area (Å²) in [7, 11) is 0. The zero-order chi connectivity index (χ0) is 13.8. The number of carboxylic acid groups (broad SMARTS) is 1. The number of ether oxygens (including phenoxy) is 1. The molecule has 0 unspecified atom stereocenters. The van der Waals surface area contributed by atoms with Crippen LogP contribution in [0.25, 0.3) is 11.1 Å². The van der Waals surface area contributed by atoms with Crippen LogP contribution in [-0.4, -0.2) is 17.0 Å². The van der Waals surface area contributed by atoms with Crippen LogP contribution in [0.4, 0.5) is 0 Å². The van der Waals surface area contributed by atoms with E-state index < -0.39 is 11.9 Å². The summed E-state index contributed by atoms with van der Waals surface area (Å²) in [5.41, 5.74) is 1.62. The van der Waals surface area contributed by atoms with E-state index in [1.165, 1.54) is 19.1 Å². The average Bonchev–Trinajstić information content (AvgIpc) is 2.39. The molecule has 0 saturated carbocycles. The molecule has 4 nitrogen and oxygen atoms in total. The van der Waals surface area contributed by atoms with Gasteiger partial charge in [0.25, 0.3) is 0 Å². The molecule has 1 N–H and O–H groups in total. The van der Waals surface area contributed by atoms with Crippen LogP contribution in [0.5, 0.6) is 5.75 Å². The first-order valence-electron chi connectivity index (χ1n) is 5.69. The predicted molar refractivity (Wildman–Crippen MR) is 70.1 cm³/mol. The van der Waals surface area contributed by atoms with Crippen LogP contribution in [0, 0.1) is 0 Å². The van der Waals surface area contributed by atoms with Crippen LogP contribution in [-0.2, 0) is 4.79 Å². The number of benzene rings is 2. The number of carbonyl (C=O) groups excluding carboxylic acids is 1. The van der Waals surface area contributed by atoms with Crippen LogP contribution in [0.2, 0.25) is 0 Å². The summed E-state index contributed by atoms with van der Waals surface area (Å²) >= 11 is 0. The van der Waals surface area contributed by atoms with Crippen molar-refractivity contribution in [2.24, 2.45) is 0 Å². The topological polar surface area (TPSA) is 63.6 Å². The zero-order valence-electron chi connectivity index (χ0n) is 10.3. The predicted octanol–water partition coefficient (Wildman–Crippen LogP) is 2.98. The van der Waals surface area contributed by atoms with Crippen molar-refractivity contribution in [2.45, 2.75) is 6.92 Å². The lowest BCUT2D eigenvalue weighted by molar-refractivity contribution is -0.131. The first kappa shape index (κ1) is 12.8. The lowest BCUT2D eigenvalue weighted by Gasteiger charge is -2.10. The molecule has 2 aromatic rings. The molecule has 0 amide bonds. The number of carbonyl (C=O) groups is 2. The third-order valence-corrected chi connectivity index (χ3v) is 2.57. The molecule has 19 heavy (non-hydrogen) atoms. The van der Waals surface area contributed by atoms with Crippen LogP contribution in [0.3, 0.4) is 0 Å². The Morgan fingerprint density at radius 3 is 2.32 bits per heavy atom. The number of rotatable bonds is 3. The number of carboxylic acids is 1. The summed E-state index contributed by atoms with van der Waals surface area (Å²) < 4.78 is 5.09. The number of hydrogen-bond donors (Lipinski definition) is 1. The maximum atomic E-state index is 11.1.